The quantitative estimate of drug-likeness (QED) is 0.760. The van der Waals surface area contributed by atoms with Crippen molar-refractivity contribution in [3.8, 4) is 0 Å². The van der Waals surface area contributed by atoms with Crippen LogP contribution in [0.25, 0.3) is 11.1 Å². The molecule has 0 atom stereocenters. The van der Waals surface area contributed by atoms with E-state index in [1.807, 2.05) is 25.1 Å². The van der Waals surface area contributed by atoms with Crippen LogP contribution in [-0.4, -0.2) is 16.5 Å². The van der Waals surface area contributed by atoms with Crippen molar-refractivity contribution in [1.29, 1.82) is 0 Å². The monoisotopic (exact) mass is 268 g/mol. The van der Waals surface area contributed by atoms with Crippen LogP contribution in [0.5, 0.6) is 0 Å². The number of benzene rings is 1. The van der Waals surface area contributed by atoms with Gasteiger partial charge in [0.2, 0.25) is 0 Å². The van der Waals surface area contributed by atoms with E-state index in [4.69, 9.17) is 10.2 Å². The summed E-state index contributed by atoms with van der Waals surface area (Å²) in [7, 11) is 0. The molecule has 5 nitrogen and oxygen atoms in total. The Hall–Kier alpha value is -2.56. The topological polar surface area (TPSA) is 77.0 Å². The molecular formula is C15H16N4O. The number of nitrogen functional groups attached to an aromatic ring is 1. The van der Waals surface area contributed by atoms with Crippen molar-refractivity contribution in [3.05, 3.63) is 48.0 Å². The van der Waals surface area contributed by atoms with Crippen molar-refractivity contribution in [2.24, 2.45) is 0 Å². The maximum atomic E-state index is 5.74. The second kappa shape index (κ2) is 5.21. The fourth-order valence-electron chi connectivity index (χ4n) is 2.05. The molecule has 20 heavy (non-hydrogen) atoms. The van der Waals surface area contributed by atoms with Gasteiger partial charge in [-0.2, -0.15) is 0 Å². The van der Waals surface area contributed by atoms with Crippen LogP contribution in [0.3, 0.4) is 0 Å². The third kappa shape index (κ3) is 2.56. The second-order valence-corrected chi connectivity index (χ2v) is 4.76. The van der Waals surface area contributed by atoms with Gasteiger partial charge >= 0.3 is 0 Å². The van der Waals surface area contributed by atoms with Gasteiger partial charge < -0.3 is 15.5 Å². The van der Waals surface area contributed by atoms with Crippen molar-refractivity contribution in [2.45, 2.75) is 13.3 Å². The molecule has 102 valence electrons. The van der Waals surface area contributed by atoms with Gasteiger partial charge in [0.15, 0.2) is 12.0 Å². The van der Waals surface area contributed by atoms with Crippen LogP contribution >= 0.6 is 0 Å². The molecule has 2 aromatic heterocycles. The minimum Gasteiger partial charge on any atom is -0.443 e. The number of aryl methyl sites for hydroxylation is 1. The fourth-order valence-corrected chi connectivity index (χ4v) is 2.05. The zero-order valence-electron chi connectivity index (χ0n) is 11.3. The highest BCUT2D eigenvalue weighted by molar-refractivity contribution is 5.72. The zero-order valence-corrected chi connectivity index (χ0v) is 11.3. The highest BCUT2D eigenvalue weighted by Gasteiger charge is 2.01. The van der Waals surface area contributed by atoms with Crippen molar-refractivity contribution >= 4 is 22.6 Å². The smallest absolute Gasteiger partial charge is 0.181 e. The van der Waals surface area contributed by atoms with Crippen molar-refractivity contribution in [1.82, 2.24) is 9.97 Å². The Balaban J connectivity index is 1.62. The van der Waals surface area contributed by atoms with Gasteiger partial charge in [-0.3, -0.25) is 0 Å². The molecule has 0 radical (unpaired) electrons. The number of anilines is 2. The van der Waals surface area contributed by atoms with E-state index in [0.717, 1.165) is 35.4 Å². The normalized spacial score (nSPS) is 10.8. The standard InChI is InChI=1S/C15H16N4O/c1-10-6-15(18-8-12(10)16)17-5-4-11-2-3-13-14(7-11)20-9-19-13/h2-3,6-9H,4-5,16H2,1H3,(H,17,18). The van der Waals surface area contributed by atoms with E-state index in [2.05, 4.69) is 21.4 Å². The molecule has 1 aromatic carbocycles. The average molecular weight is 268 g/mol. The Morgan fingerprint density at radius 3 is 3.00 bits per heavy atom. The molecule has 3 N–H and O–H groups in total. The first-order chi connectivity index (χ1) is 9.72. The van der Waals surface area contributed by atoms with Gasteiger partial charge in [0, 0.05) is 6.54 Å². The van der Waals surface area contributed by atoms with E-state index in [1.165, 1.54) is 12.0 Å². The number of nitrogens with zero attached hydrogens (tertiary/aromatic N) is 2. The van der Waals surface area contributed by atoms with Crippen molar-refractivity contribution < 1.29 is 4.42 Å². The lowest BCUT2D eigenvalue weighted by molar-refractivity contribution is 0.601. The maximum absolute atomic E-state index is 5.74. The summed E-state index contributed by atoms with van der Waals surface area (Å²) in [6.45, 7) is 2.77. The summed E-state index contributed by atoms with van der Waals surface area (Å²) in [5, 5.41) is 3.29. The third-order valence-corrected chi connectivity index (χ3v) is 3.27. The minimum absolute atomic E-state index is 0.714. The summed E-state index contributed by atoms with van der Waals surface area (Å²) < 4.78 is 5.29. The van der Waals surface area contributed by atoms with E-state index in [0.29, 0.717) is 5.69 Å². The van der Waals surface area contributed by atoms with E-state index in [1.54, 1.807) is 6.20 Å². The van der Waals surface area contributed by atoms with Crippen LogP contribution in [0.2, 0.25) is 0 Å². The van der Waals surface area contributed by atoms with E-state index in [9.17, 15) is 0 Å². The number of rotatable bonds is 4. The summed E-state index contributed by atoms with van der Waals surface area (Å²) in [6.07, 6.45) is 4.04. The lowest BCUT2D eigenvalue weighted by atomic mass is 10.1. The van der Waals surface area contributed by atoms with Crippen molar-refractivity contribution in [3.63, 3.8) is 0 Å². The Morgan fingerprint density at radius 1 is 1.25 bits per heavy atom. The lowest BCUT2D eigenvalue weighted by Crippen LogP contribution is -2.07. The minimum atomic E-state index is 0.714. The number of hydrogen-bond donors (Lipinski definition) is 2. The Kier molecular flexibility index (Phi) is 3.25. The van der Waals surface area contributed by atoms with E-state index in [-0.39, 0.29) is 0 Å². The molecule has 0 aliphatic rings. The van der Waals surface area contributed by atoms with Gasteiger partial charge in [0.1, 0.15) is 11.3 Å². The predicted molar refractivity (Wildman–Crippen MR) is 79.6 cm³/mol. The number of pyridine rings is 1. The predicted octanol–water partition coefficient (Wildman–Crippen LogP) is 2.77. The van der Waals surface area contributed by atoms with Gasteiger partial charge in [-0.25, -0.2) is 9.97 Å². The van der Waals surface area contributed by atoms with Gasteiger partial charge in [0.25, 0.3) is 0 Å². The van der Waals surface area contributed by atoms with Crippen LogP contribution in [0, 0.1) is 6.92 Å². The first-order valence-corrected chi connectivity index (χ1v) is 6.50. The van der Waals surface area contributed by atoms with Crippen molar-refractivity contribution in [2.75, 3.05) is 17.6 Å². The zero-order chi connectivity index (χ0) is 13.9. The molecule has 0 amide bonds. The molecule has 0 fully saturated rings. The summed E-state index contributed by atoms with van der Waals surface area (Å²) in [5.74, 6) is 0.845. The van der Waals surface area contributed by atoms with Gasteiger partial charge in [-0.05, 0) is 42.7 Å². The molecule has 0 saturated heterocycles. The number of aromatic nitrogens is 2. The lowest BCUT2D eigenvalue weighted by Gasteiger charge is -2.07. The molecule has 0 spiro atoms. The van der Waals surface area contributed by atoms with Gasteiger partial charge in [-0.15, -0.1) is 0 Å². The SMILES string of the molecule is Cc1cc(NCCc2ccc3ncoc3c2)ncc1N. The highest BCUT2D eigenvalue weighted by Crippen LogP contribution is 2.16. The van der Waals surface area contributed by atoms with Gasteiger partial charge in [0.05, 0.1) is 11.9 Å². The Labute approximate surface area is 116 Å². The molecule has 0 unspecified atom stereocenters. The molecule has 0 aliphatic heterocycles. The van der Waals surface area contributed by atoms with Crippen LogP contribution in [0.4, 0.5) is 11.5 Å². The van der Waals surface area contributed by atoms with E-state index < -0.39 is 0 Å². The van der Waals surface area contributed by atoms with Gasteiger partial charge in [-0.1, -0.05) is 6.07 Å². The molecule has 3 aromatic rings. The summed E-state index contributed by atoms with van der Waals surface area (Å²) in [5.41, 5.74) is 10.4. The number of nitrogens with one attached hydrogen (secondary N) is 1. The largest absolute Gasteiger partial charge is 0.443 e. The third-order valence-electron chi connectivity index (χ3n) is 3.27. The number of nitrogens with two attached hydrogens (primary N) is 1. The molecule has 0 aliphatic carbocycles. The van der Waals surface area contributed by atoms with Crippen LogP contribution in [-0.2, 0) is 6.42 Å². The molecule has 0 bridgehead atoms. The molecule has 5 heteroatoms. The first kappa shape index (κ1) is 12.5. The molecular weight excluding hydrogens is 252 g/mol. The van der Waals surface area contributed by atoms with E-state index >= 15 is 0 Å². The molecule has 0 saturated carbocycles. The van der Waals surface area contributed by atoms with Crippen LogP contribution < -0.4 is 11.1 Å². The number of oxazole rings is 1. The number of fused-ring (bicyclic) bond motifs is 1. The maximum Gasteiger partial charge on any atom is 0.181 e. The summed E-state index contributed by atoms with van der Waals surface area (Å²) in [4.78, 5) is 8.35. The Morgan fingerprint density at radius 2 is 2.15 bits per heavy atom. The fraction of sp³-hybridized carbons (Fsp3) is 0.200. The first-order valence-electron chi connectivity index (χ1n) is 6.50. The van der Waals surface area contributed by atoms with Crippen LogP contribution in [0.15, 0.2) is 41.3 Å². The second-order valence-electron chi connectivity index (χ2n) is 4.76. The summed E-state index contributed by atoms with van der Waals surface area (Å²) >= 11 is 0. The Bertz CT molecular complexity index is 736. The average Bonchev–Trinajstić information content (AvgIpc) is 2.90. The van der Waals surface area contributed by atoms with Crippen LogP contribution in [0.1, 0.15) is 11.1 Å². The summed E-state index contributed by atoms with van der Waals surface area (Å²) in [6, 6.07) is 8.01. The molecule has 2 heterocycles. The highest BCUT2D eigenvalue weighted by atomic mass is 16.3. The number of hydrogen-bond acceptors (Lipinski definition) is 5. The molecule has 3 rings (SSSR count).